The van der Waals surface area contributed by atoms with Gasteiger partial charge >= 0.3 is 12.1 Å². The van der Waals surface area contributed by atoms with Gasteiger partial charge in [-0.3, -0.25) is 24.1 Å². The highest BCUT2D eigenvalue weighted by atomic mass is 32.2. The van der Waals surface area contributed by atoms with Gasteiger partial charge in [0.05, 0.1) is 12.1 Å². The summed E-state index contributed by atoms with van der Waals surface area (Å²) in [6, 6.07) is 20.5. The molecule has 0 aliphatic rings. The van der Waals surface area contributed by atoms with E-state index in [1.807, 2.05) is 6.07 Å². The number of hydrogen-bond acceptors (Lipinski definition) is 11. The molecule has 0 aliphatic carbocycles. The molecule has 56 heavy (non-hydrogen) atoms. The van der Waals surface area contributed by atoms with E-state index in [4.69, 9.17) is 15.2 Å². The van der Waals surface area contributed by atoms with E-state index in [0.717, 1.165) is 4.90 Å². The Morgan fingerprint density at radius 2 is 1.43 bits per heavy atom. The largest absolute Gasteiger partial charge is 0.508 e. The van der Waals surface area contributed by atoms with Gasteiger partial charge in [-0.25, -0.2) is 9.59 Å². The quantitative estimate of drug-likeness (QED) is 0.0919. The lowest BCUT2D eigenvalue weighted by molar-refractivity contribution is -0.158. The smallest absolute Gasteiger partial charge is 0.408 e. The molecule has 0 bridgehead atoms. The third-order valence-electron chi connectivity index (χ3n) is 8.35. The summed E-state index contributed by atoms with van der Waals surface area (Å²) in [6.07, 6.45) is 0.773. The predicted molar refractivity (Wildman–Crippen MR) is 215 cm³/mol. The van der Waals surface area contributed by atoms with Gasteiger partial charge in [0.2, 0.25) is 17.4 Å². The van der Waals surface area contributed by atoms with Crippen LogP contribution in [0.2, 0.25) is 0 Å². The minimum absolute atomic E-state index is 0.00206. The van der Waals surface area contributed by atoms with Crippen molar-refractivity contribution in [3.63, 3.8) is 0 Å². The third kappa shape index (κ3) is 12.8. The normalized spacial score (nSPS) is 13.6. The molecule has 3 aromatic rings. The van der Waals surface area contributed by atoms with Crippen LogP contribution < -0.4 is 26.6 Å². The molecule has 0 aromatic heterocycles. The summed E-state index contributed by atoms with van der Waals surface area (Å²) in [7, 11) is 0. The first kappa shape index (κ1) is 45.0. The Hall–Kier alpha value is -5.41. The number of para-hydroxylation sites is 1. The van der Waals surface area contributed by atoms with Gasteiger partial charge in [0.15, 0.2) is 5.78 Å². The summed E-state index contributed by atoms with van der Waals surface area (Å²) in [4.78, 5) is 84.1. The Morgan fingerprint density at radius 3 is 1.98 bits per heavy atom. The molecule has 4 amide bonds. The van der Waals surface area contributed by atoms with Gasteiger partial charge in [0, 0.05) is 12.1 Å². The van der Waals surface area contributed by atoms with Gasteiger partial charge in [-0.1, -0.05) is 60.7 Å². The van der Waals surface area contributed by atoms with Crippen LogP contribution in [0.5, 0.6) is 5.75 Å². The van der Waals surface area contributed by atoms with Crippen LogP contribution in [0.4, 0.5) is 10.5 Å². The van der Waals surface area contributed by atoms with E-state index in [-0.39, 0.29) is 36.6 Å². The van der Waals surface area contributed by atoms with Gasteiger partial charge < -0.3 is 36.3 Å². The monoisotopic (exact) mass is 791 g/mol. The number of Topliss-reactive ketones (excluding diaryl/α,β-unsaturated/α-hetero) is 1. The molecule has 0 aliphatic heterocycles. The Kier molecular flexibility index (Phi) is 16.0. The molecular weight excluding hydrogens is 739 g/mol. The van der Waals surface area contributed by atoms with Gasteiger partial charge in [0.25, 0.3) is 5.91 Å². The number of nitrogens with zero attached hydrogens (tertiary/aromatic N) is 1. The number of ketones is 1. The fraction of sp³-hybridized carbons (Fsp3) is 0.415. The van der Waals surface area contributed by atoms with Crippen molar-refractivity contribution in [2.45, 2.75) is 89.8 Å². The van der Waals surface area contributed by atoms with E-state index in [1.165, 1.54) is 44.7 Å². The highest BCUT2D eigenvalue weighted by molar-refractivity contribution is 7.98. The van der Waals surface area contributed by atoms with E-state index in [9.17, 15) is 33.9 Å². The highest BCUT2D eigenvalue weighted by Gasteiger charge is 2.58. The number of thioether (sulfide) groups is 1. The summed E-state index contributed by atoms with van der Waals surface area (Å²) in [5.41, 5.74) is 3.14. The average molecular weight is 792 g/mol. The van der Waals surface area contributed by atoms with Crippen LogP contribution >= 0.6 is 11.8 Å². The van der Waals surface area contributed by atoms with Crippen LogP contribution in [0.3, 0.4) is 0 Å². The molecule has 6 N–H and O–H groups in total. The first-order valence-corrected chi connectivity index (χ1v) is 19.5. The second kappa shape index (κ2) is 20.0. The summed E-state index contributed by atoms with van der Waals surface area (Å²) >= 11 is 1.36. The van der Waals surface area contributed by atoms with E-state index in [1.54, 1.807) is 93.8 Å². The van der Waals surface area contributed by atoms with Crippen molar-refractivity contribution >= 4 is 53.0 Å². The number of phenols is 1. The number of nitrogens with two attached hydrogens (primary N) is 1. The number of esters is 1. The summed E-state index contributed by atoms with van der Waals surface area (Å²) in [5.74, 6) is -3.80. The number of carbonyl (C=O) groups is 6. The first-order chi connectivity index (χ1) is 26.3. The summed E-state index contributed by atoms with van der Waals surface area (Å²) in [6.45, 7) is 8.50. The van der Waals surface area contributed by atoms with Crippen LogP contribution in [0, 0.1) is 0 Å². The fourth-order valence-electron chi connectivity index (χ4n) is 5.72. The van der Waals surface area contributed by atoms with Crippen molar-refractivity contribution in [3.05, 3.63) is 96.1 Å². The van der Waals surface area contributed by atoms with Crippen molar-refractivity contribution in [2.75, 3.05) is 23.5 Å². The molecule has 15 heteroatoms. The Morgan fingerprint density at radius 1 is 0.839 bits per heavy atom. The standard InChI is InChI=1S/C41H53N5O9S/c1-27(44-33(48)25-43-34(49)32(45-38(53)55-39(2,3)4)24-28-18-20-31(47)21-19-28)35(50)46(30-16-12-9-13-17-30)41(22-23-56-7,36(51)40(5,6)42)37(52)54-26-29-14-10-8-11-15-29/h8-21,27,32,47H,22-26,42H2,1-7H3,(H,43,49)(H,44,48)(H,45,53)/t27-,32-,41+/m0/s1. The molecule has 0 heterocycles. The van der Waals surface area contributed by atoms with Crippen molar-refractivity contribution in [2.24, 2.45) is 5.73 Å². The van der Waals surface area contributed by atoms with Crippen LogP contribution in [-0.2, 0) is 46.5 Å². The van der Waals surface area contributed by atoms with Crippen LogP contribution in [0.1, 0.15) is 59.1 Å². The van der Waals surface area contributed by atoms with Crippen LogP contribution in [0.15, 0.2) is 84.9 Å². The molecule has 3 atom stereocenters. The van der Waals surface area contributed by atoms with E-state index in [0.29, 0.717) is 11.1 Å². The predicted octanol–water partition coefficient (Wildman–Crippen LogP) is 4.02. The third-order valence-corrected chi connectivity index (χ3v) is 8.96. The Balaban J connectivity index is 1.92. The summed E-state index contributed by atoms with van der Waals surface area (Å²) < 4.78 is 11.1. The van der Waals surface area contributed by atoms with Gasteiger partial charge in [-0.15, -0.1) is 0 Å². The van der Waals surface area contributed by atoms with Gasteiger partial charge in [-0.05, 0) is 95.4 Å². The molecule has 0 unspecified atom stereocenters. The maximum Gasteiger partial charge on any atom is 0.408 e. The number of phenolic OH excluding ortho intramolecular Hbond substituents is 1. The average Bonchev–Trinajstić information content (AvgIpc) is 3.14. The maximum atomic E-state index is 14.6. The van der Waals surface area contributed by atoms with Crippen LogP contribution in [-0.4, -0.2) is 88.0 Å². The van der Waals surface area contributed by atoms with Gasteiger partial charge in [-0.2, -0.15) is 11.8 Å². The zero-order chi connectivity index (χ0) is 41.7. The van der Waals surface area contributed by atoms with E-state index < -0.39 is 70.9 Å². The molecule has 0 spiro atoms. The molecule has 3 rings (SSSR count). The number of anilines is 1. The fourth-order valence-corrected chi connectivity index (χ4v) is 6.22. The molecule has 0 saturated carbocycles. The lowest BCUT2D eigenvalue weighted by Crippen LogP contribution is -2.71. The second-order valence-electron chi connectivity index (χ2n) is 14.8. The number of carbonyl (C=O) groups excluding carboxylic acids is 6. The molecule has 0 radical (unpaired) electrons. The number of nitrogens with one attached hydrogen (secondary N) is 3. The van der Waals surface area contributed by atoms with Crippen LogP contribution in [0.25, 0.3) is 0 Å². The lowest BCUT2D eigenvalue weighted by atomic mass is 9.78. The zero-order valence-electron chi connectivity index (χ0n) is 32.9. The Bertz CT molecular complexity index is 1810. The zero-order valence-corrected chi connectivity index (χ0v) is 33.7. The lowest BCUT2D eigenvalue weighted by Gasteiger charge is -2.44. The number of alkyl carbamates (subject to hydrolysis) is 1. The topological polar surface area (TPSA) is 206 Å². The minimum atomic E-state index is -2.25. The molecular formula is C41H53N5O9S. The molecule has 3 aromatic carbocycles. The second-order valence-corrected chi connectivity index (χ2v) is 15.8. The maximum absolute atomic E-state index is 14.6. The number of amides is 4. The number of aromatic hydroxyl groups is 1. The molecule has 0 saturated heterocycles. The molecule has 14 nitrogen and oxygen atoms in total. The Labute approximate surface area is 332 Å². The highest BCUT2D eigenvalue weighted by Crippen LogP contribution is 2.35. The SMILES string of the molecule is CSCC[C@](C(=O)OCc1ccccc1)(C(=O)C(C)(C)N)N(C(=O)[C@H](C)NC(=O)CNC(=O)[C@H](Cc1ccc(O)cc1)NC(=O)OC(C)(C)C)c1ccccc1. The first-order valence-electron chi connectivity index (χ1n) is 18.1. The number of hydrogen-bond donors (Lipinski definition) is 5. The summed E-state index contributed by atoms with van der Waals surface area (Å²) in [5, 5.41) is 17.3. The molecule has 302 valence electrons. The number of ether oxygens (including phenoxy) is 2. The van der Waals surface area contributed by atoms with Gasteiger partial charge in [0.1, 0.15) is 30.0 Å². The van der Waals surface area contributed by atoms with Crippen molar-refractivity contribution in [3.8, 4) is 5.75 Å². The van der Waals surface area contributed by atoms with E-state index >= 15 is 0 Å². The number of benzene rings is 3. The number of rotatable bonds is 18. The van der Waals surface area contributed by atoms with Crippen molar-refractivity contribution in [1.29, 1.82) is 0 Å². The molecule has 0 fully saturated rings. The van der Waals surface area contributed by atoms with Crippen molar-refractivity contribution < 1.29 is 43.3 Å². The van der Waals surface area contributed by atoms with E-state index in [2.05, 4.69) is 16.0 Å². The van der Waals surface area contributed by atoms with Crippen molar-refractivity contribution in [1.82, 2.24) is 16.0 Å². The minimum Gasteiger partial charge on any atom is -0.508 e.